The first-order chi connectivity index (χ1) is 13.7. The molecule has 0 spiro atoms. The molecule has 0 aliphatic rings. The van der Waals surface area contributed by atoms with Gasteiger partial charge < -0.3 is 20.1 Å². The lowest BCUT2D eigenvalue weighted by atomic mass is 10.1. The summed E-state index contributed by atoms with van der Waals surface area (Å²) >= 11 is 0. The van der Waals surface area contributed by atoms with Crippen LogP contribution in [0.2, 0.25) is 0 Å². The number of nitrogens with one attached hydrogen (secondary N) is 2. The maximum absolute atomic E-state index is 5.35. The van der Waals surface area contributed by atoms with Crippen LogP contribution in [0.1, 0.15) is 24.1 Å². The number of nitrogens with zero attached hydrogens (tertiary/aromatic N) is 3. The van der Waals surface area contributed by atoms with Crippen molar-refractivity contribution in [2.24, 2.45) is 0 Å². The van der Waals surface area contributed by atoms with Gasteiger partial charge in [0.2, 0.25) is 5.95 Å². The fourth-order valence-electron chi connectivity index (χ4n) is 2.84. The number of rotatable bonds is 9. The van der Waals surface area contributed by atoms with Gasteiger partial charge in [-0.05, 0) is 36.6 Å². The second-order valence-corrected chi connectivity index (χ2v) is 6.31. The Hall–Kier alpha value is -3.35. The molecule has 0 aliphatic carbocycles. The maximum atomic E-state index is 5.35. The van der Waals surface area contributed by atoms with Gasteiger partial charge in [-0.15, -0.1) is 5.10 Å². The Bertz CT molecular complexity index is 889. The van der Waals surface area contributed by atoms with Crippen LogP contribution in [-0.4, -0.2) is 35.9 Å². The van der Waals surface area contributed by atoms with E-state index in [1.54, 1.807) is 20.4 Å². The highest BCUT2D eigenvalue weighted by Crippen LogP contribution is 2.27. The average Bonchev–Trinajstić information content (AvgIpc) is 2.74. The Labute approximate surface area is 165 Å². The normalized spacial score (nSPS) is 11.5. The summed E-state index contributed by atoms with van der Waals surface area (Å²) in [5.74, 6) is 2.62. The summed E-state index contributed by atoms with van der Waals surface area (Å²) in [6.07, 6.45) is 2.43. The van der Waals surface area contributed by atoms with E-state index in [0.29, 0.717) is 18.3 Å². The smallest absolute Gasteiger partial charge is 0.245 e. The molecule has 3 aromatic rings. The highest BCUT2D eigenvalue weighted by molar-refractivity contribution is 5.43. The molecule has 28 heavy (non-hydrogen) atoms. The number of aromatic nitrogens is 3. The Kier molecular flexibility index (Phi) is 6.62. The van der Waals surface area contributed by atoms with E-state index in [0.717, 1.165) is 29.0 Å². The highest BCUT2D eigenvalue weighted by Gasteiger charge is 2.08. The lowest BCUT2D eigenvalue weighted by Crippen LogP contribution is -2.12. The lowest BCUT2D eigenvalue weighted by molar-refractivity contribution is 0.354. The summed E-state index contributed by atoms with van der Waals surface area (Å²) in [4.78, 5) is 4.49. The first-order valence-electron chi connectivity index (χ1n) is 9.15. The van der Waals surface area contributed by atoms with Crippen LogP contribution >= 0.6 is 0 Å². The zero-order valence-electron chi connectivity index (χ0n) is 16.3. The molecule has 1 aromatic heterocycles. The predicted octanol–water partition coefficient (Wildman–Crippen LogP) is 3.72. The fourth-order valence-corrected chi connectivity index (χ4v) is 2.84. The minimum Gasteiger partial charge on any atom is -0.493 e. The quantitative estimate of drug-likeness (QED) is 0.586. The van der Waals surface area contributed by atoms with Crippen LogP contribution in [0.15, 0.2) is 54.7 Å². The molecule has 0 fully saturated rings. The summed E-state index contributed by atoms with van der Waals surface area (Å²) in [5.41, 5.74) is 2.31. The van der Waals surface area contributed by atoms with E-state index in [2.05, 4.69) is 44.9 Å². The minimum absolute atomic E-state index is 0.0880. The third-order valence-corrected chi connectivity index (χ3v) is 4.37. The van der Waals surface area contributed by atoms with Crippen LogP contribution in [0.4, 0.5) is 11.8 Å². The van der Waals surface area contributed by atoms with E-state index in [4.69, 9.17) is 9.47 Å². The molecule has 2 aromatic carbocycles. The van der Waals surface area contributed by atoms with Crippen LogP contribution in [0, 0.1) is 0 Å². The molecular formula is C21H25N5O2. The zero-order valence-corrected chi connectivity index (χ0v) is 16.3. The van der Waals surface area contributed by atoms with Crippen molar-refractivity contribution < 1.29 is 9.47 Å². The predicted molar refractivity (Wildman–Crippen MR) is 110 cm³/mol. The number of hydrogen-bond acceptors (Lipinski definition) is 7. The molecule has 7 heteroatoms. The van der Waals surface area contributed by atoms with Gasteiger partial charge >= 0.3 is 0 Å². The Morgan fingerprint density at radius 1 is 1.00 bits per heavy atom. The lowest BCUT2D eigenvalue weighted by Gasteiger charge is -2.14. The summed E-state index contributed by atoms with van der Waals surface area (Å²) < 4.78 is 10.6. The summed E-state index contributed by atoms with van der Waals surface area (Å²) in [6.45, 7) is 2.78. The summed E-state index contributed by atoms with van der Waals surface area (Å²) in [6, 6.07) is 16.2. The van der Waals surface area contributed by atoms with Gasteiger partial charge in [-0.1, -0.05) is 36.4 Å². The Morgan fingerprint density at radius 2 is 1.79 bits per heavy atom. The molecule has 146 valence electrons. The van der Waals surface area contributed by atoms with Gasteiger partial charge in [-0.25, -0.2) is 0 Å². The molecular weight excluding hydrogens is 354 g/mol. The van der Waals surface area contributed by atoms with Crippen LogP contribution in [0.25, 0.3) is 0 Å². The molecule has 0 amide bonds. The molecule has 0 saturated heterocycles. The number of benzene rings is 2. The first kappa shape index (κ1) is 19.4. The van der Waals surface area contributed by atoms with Gasteiger partial charge in [0, 0.05) is 6.54 Å². The van der Waals surface area contributed by atoms with Crippen molar-refractivity contribution in [3.8, 4) is 11.5 Å². The number of ether oxygens (including phenoxy) is 2. The average molecular weight is 379 g/mol. The number of anilines is 2. The minimum atomic E-state index is 0.0880. The van der Waals surface area contributed by atoms with Crippen molar-refractivity contribution >= 4 is 11.8 Å². The topological polar surface area (TPSA) is 81.2 Å². The van der Waals surface area contributed by atoms with E-state index in [9.17, 15) is 0 Å². The number of methoxy groups -OCH3 is 2. The third-order valence-electron chi connectivity index (χ3n) is 4.37. The van der Waals surface area contributed by atoms with Crippen molar-refractivity contribution in [2.75, 3.05) is 31.4 Å². The van der Waals surface area contributed by atoms with Gasteiger partial charge in [-0.2, -0.15) is 10.1 Å². The third kappa shape index (κ3) is 5.09. The van der Waals surface area contributed by atoms with Crippen LogP contribution in [0.3, 0.4) is 0 Å². The SMILES string of the molecule is COc1ccc(CCNc2cnnc(NC(C)c3ccccc3)n2)cc1OC. The van der Waals surface area contributed by atoms with Crippen LogP contribution in [-0.2, 0) is 6.42 Å². The molecule has 3 rings (SSSR count). The van der Waals surface area contributed by atoms with Crippen molar-refractivity contribution in [3.05, 3.63) is 65.9 Å². The maximum Gasteiger partial charge on any atom is 0.245 e. The van der Waals surface area contributed by atoms with Crippen molar-refractivity contribution in [2.45, 2.75) is 19.4 Å². The van der Waals surface area contributed by atoms with Crippen LogP contribution in [0.5, 0.6) is 11.5 Å². The monoisotopic (exact) mass is 379 g/mol. The van der Waals surface area contributed by atoms with Gasteiger partial charge in [0.15, 0.2) is 17.3 Å². The molecule has 1 atom stereocenters. The molecule has 0 bridgehead atoms. The molecule has 0 radical (unpaired) electrons. The second-order valence-electron chi connectivity index (χ2n) is 6.31. The van der Waals surface area contributed by atoms with Gasteiger partial charge in [0.1, 0.15) is 0 Å². The largest absolute Gasteiger partial charge is 0.493 e. The molecule has 1 unspecified atom stereocenters. The second kappa shape index (κ2) is 9.55. The molecule has 0 saturated carbocycles. The molecule has 0 aliphatic heterocycles. The van der Waals surface area contributed by atoms with Gasteiger partial charge in [0.05, 0.1) is 26.5 Å². The van der Waals surface area contributed by atoms with Gasteiger partial charge in [-0.3, -0.25) is 0 Å². The van der Waals surface area contributed by atoms with E-state index in [-0.39, 0.29) is 6.04 Å². The highest BCUT2D eigenvalue weighted by atomic mass is 16.5. The Morgan fingerprint density at radius 3 is 2.54 bits per heavy atom. The molecule has 1 heterocycles. The van der Waals surface area contributed by atoms with E-state index in [1.807, 2.05) is 36.4 Å². The first-order valence-corrected chi connectivity index (χ1v) is 9.15. The zero-order chi connectivity index (χ0) is 19.8. The van der Waals surface area contributed by atoms with E-state index >= 15 is 0 Å². The van der Waals surface area contributed by atoms with E-state index < -0.39 is 0 Å². The van der Waals surface area contributed by atoms with Crippen molar-refractivity contribution in [1.82, 2.24) is 15.2 Å². The van der Waals surface area contributed by atoms with Crippen molar-refractivity contribution in [3.63, 3.8) is 0 Å². The molecule has 2 N–H and O–H groups in total. The summed E-state index contributed by atoms with van der Waals surface area (Å²) in [7, 11) is 3.27. The van der Waals surface area contributed by atoms with Crippen molar-refractivity contribution in [1.29, 1.82) is 0 Å². The van der Waals surface area contributed by atoms with Crippen LogP contribution < -0.4 is 20.1 Å². The summed E-state index contributed by atoms with van der Waals surface area (Å²) in [5, 5.41) is 14.7. The molecule has 7 nitrogen and oxygen atoms in total. The Balaban J connectivity index is 1.56. The number of hydrogen-bond donors (Lipinski definition) is 2. The fraction of sp³-hybridized carbons (Fsp3) is 0.286. The van der Waals surface area contributed by atoms with Gasteiger partial charge in [0.25, 0.3) is 0 Å². The standard InChI is InChI=1S/C21H25N5O2/c1-15(17-7-5-4-6-8-17)24-21-25-20(14-23-26-21)22-12-11-16-9-10-18(27-2)19(13-16)28-3/h4-10,13-15H,11-12H2,1-3H3,(H2,22,24,25,26). The van der Waals surface area contributed by atoms with E-state index in [1.165, 1.54) is 0 Å².